The molecule has 98 valence electrons. The minimum Gasteiger partial charge on any atom is -0.329 e. The Kier molecular flexibility index (Phi) is 3.20. The van der Waals surface area contributed by atoms with Gasteiger partial charge in [0.15, 0.2) is 0 Å². The van der Waals surface area contributed by atoms with Gasteiger partial charge in [0, 0.05) is 19.3 Å². The molecule has 0 unspecified atom stereocenters. The molecule has 1 aliphatic carbocycles. The van der Waals surface area contributed by atoms with Crippen molar-refractivity contribution in [3.8, 4) is 0 Å². The molecule has 1 aromatic rings. The van der Waals surface area contributed by atoms with E-state index in [9.17, 15) is 4.79 Å². The maximum atomic E-state index is 12.5. The van der Waals surface area contributed by atoms with Crippen molar-refractivity contribution in [3.63, 3.8) is 0 Å². The lowest BCUT2D eigenvalue weighted by Crippen LogP contribution is -2.38. The van der Waals surface area contributed by atoms with E-state index in [1.807, 2.05) is 14.0 Å². The summed E-state index contributed by atoms with van der Waals surface area (Å²) in [7, 11) is 1.86. The van der Waals surface area contributed by atoms with Crippen molar-refractivity contribution >= 4 is 11.6 Å². The highest BCUT2D eigenvalue weighted by atomic mass is 16.2. The largest absolute Gasteiger partial charge is 0.329 e. The van der Waals surface area contributed by atoms with Crippen LogP contribution in [-0.2, 0) is 4.79 Å². The van der Waals surface area contributed by atoms with E-state index in [0.29, 0.717) is 6.54 Å². The first-order valence-electron chi connectivity index (χ1n) is 6.47. The fraction of sp³-hybridized carbons (Fsp3) is 0.533. The Morgan fingerprint density at radius 1 is 1.22 bits per heavy atom. The molecule has 0 aromatic heterocycles. The number of carbonyl (C=O) groups excluding carboxylic acids is 1. The SMILES string of the molecule is Cc1cc(C)c(N(C)C(=O)C2(CN)CC2)cc1C. The van der Waals surface area contributed by atoms with Gasteiger partial charge in [0.25, 0.3) is 0 Å². The summed E-state index contributed by atoms with van der Waals surface area (Å²) in [5.41, 5.74) is 10.1. The highest BCUT2D eigenvalue weighted by Crippen LogP contribution is 2.46. The molecule has 1 amide bonds. The number of hydrogen-bond acceptors (Lipinski definition) is 2. The quantitative estimate of drug-likeness (QED) is 0.889. The van der Waals surface area contributed by atoms with Crippen LogP contribution in [0.5, 0.6) is 0 Å². The fourth-order valence-corrected chi connectivity index (χ4v) is 2.43. The Hall–Kier alpha value is -1.35. The van der Waals surface area contributed by atoms with Crippen molar-refractivity contribution in [1.82, 2.24) is 0 Å². The van der Waals surface area contributed by atoms with Crippen molar-refractivity contribution in [3.05, 3.63) is 28.8 Å². The van der Waals surface area contributed by atoms with Gasteiger partial charge in [-0.05, 0) is 56.4 Å². The van der Waals surface area contributed by atoms with Crippen LogP contribution in [0, 0.1) is 26.2 Å². The van der Waals surface area contributed by atoms with Gasteiger partial charge in [0.2, 0.25) is 5.91 Å². The van der Waals surface area contributed by atoms with Crippen molar-refractivity contribution in [1.29, 1.82) is 0 Å². The Bertz CT molecular complexity index is 490. The van der Waals surface area contributed by atoms with Crippen LogP contribution < -0.4 is 10.6 Å². The van der Waals surface area contributed by atoms with E-state index in [0.717, 1.165) is 24.1 Å². The van der Waals surface area contributed by atoms with E-state index < -0.39 is 0 Å². The normalized spacial score (nSPS) is 16.5. The van der Waals surface area contributed by atoms with Gasteiger partial charge >= 0.3 is 0 Å². The predicted octanol–water partition coefficient (Wildman–Crippen LogP) is 2.31. The Morgan fingerprint density at radius 3 is 2.28 bits per heavy atom. The second-order valence-corrected chi connectivity index (χ2v) is 5.57. The molecule has 3 nitrogen and oxygen atoms in total. The van der Waals surface area contributed by atoms with Gasteiger partial charge in [-0.15, -0.1) is 0 Å². The van der Waals surface area contributed by atoms with Crippen LogP contribution in [0.25, 0.3) is 0 Å². The molecule has 0 saturated heterocycles. The summed E-state index contributed by atoms with van der Waals surface area (Å²) in [6.07, 6.45) is 1.85. The average molecular weight is 246 g/mol. The number of carbonyl (C=O) groups is 1. The molecule has 0 atom stereocenters. The molecule has 0 heterocycles. The molecule has 0 spiro atoms. The second kappa shape index (κ2) is 4.39. The Labute approximate surface area is 109 Å². The molecule has 3 heteroatoms. The zero-order valence-electron chi connectivity index (χ0n) is 11.7. The summed E-state index contributed by atoms with van der Waals surface area (Å²) < 4.78 is 0. The van der Waals surface area contributed by atoms with Crippen LogP contribution in [0.1, 0.15) is 29.5 Å². The zero-order valence-corrected chi connectivity index (χ0v) is 11.7. The number of nitrogens with two attached hydrogens (primary N) is 1. The van der Waals surface area contributed by atoms with E-state index >= 15 is 0 Å². The number of hydrogen-bond donors (Lipinski definition) is 1. The summed E-state index contributed by atoms with van der Waals surface area (Å²) in [5.74, 6) is 0.163. The van der Waals surface area contributed by atoms with Gasteiger partial charge in [0.05, 0.1) is 5.41 Å². The molecule has 2 N–H and O–H groups in total. The number of rotatable bonds is 3. The van der Waals surface area contributed by atoms with Crippen LogP contribution >= 0.6 is 0 Å². The van der Waals surface area contributed by atoms with Gasteiger partial charge in [-0.3, -0.25) is 4.79 Å². The molecule has 0 aliphatic heterocycles. The zero-order chi connectivity index (χ0) is 13.5. The predicted molar refractivity (Wildman–Crippen MR) is 74.8 cm³/mol. The Morgan fingerprint density at radius 2 is 1.78 bits per heavy atom. The topological polar surface area (TPSA) is 46.3 Å². The minimum atomic E-state index is -0.278. The monoisotopic (exact) mass is 246 g/mol. The number of benzene rings is 1. The summed E-state index contributed by atoms with van der Waals surface area (Å²) >= 11 is 0. The first-order chi connectivity index (χ1) is 8.41. The molecular weight excluding hydrogens is 224 g/mol. The molecule has 1 aromatic carbocycles. The summed E-state index contributed by atoms with van der Waals surface area (Å²) in [6.45, 7) is 6.68. The van der Waals surface area contributed by atoms with Gasteiger partial charge < -0.3 is 10.6 Å². The average Bonchev–Trinajstić information content (AvgIpc) is 3.13. The number of aryl methyl sites for hydroxylation is 3. The smallest absolute Gasteiger partial charge is 0.234 e. The van der Waals surface area contributed by atoms with Gasteiger partial charge in [-0.25, -0.2) is 0 Å². The molecule has 0 bridgehead atoms. The van der Waals surface area contributed by atoms with E-state index in [1.165, 1.54) is 11.1 Å². The van der Waals surface area contributed by atoms with Crippen molar-refractivity contribution < 1.29 is 4.79 Å². The van der Waals surface area contributed by atoms with E-state index in [-0.39, 0.29) is 11.3 Å². The molecular formula is C15H22N2O. The van der Waals surface area contributed by atoms with Crippen molar-refractivity contribution in [2.45, 2.75) is 33.6 Å². The third kappa shape index (κ3) is 2.03. The lowest BCUT2D eigenvalue weighted by atomic mass is 10.0. The Balaban J connectivity index is 2.32. The third-order valence-corrected chi connectivity index (χ3v) is 4.18. The van der Waals surface area contributed by atoms with Crippen LogP contribution in [-0.4, -0.2) is 19.5 Å². The van der Waals surface area contributed by atoms with Crippen molar-refractivity contribution in [2.75, 3.05) is 18.5 Å². The molecule has 1 aliphatic rings. The van der Waals surface area contributed by atoms with Gasteiger partial charge in [-0.1, -0.05) is 6.07 Å². The van der Waals surface area contributed by atoms with Gasteiger partial charge in [-0.2, -0.15) is 0 Å². The number of nitrogens with zero attached hydrogens (tertiary/aromatic N) is 1. The second-order valence-electron chi connectivity index (χ2n) is 5.57. The van der Waals surface area contributed by atoms with Crippen LogP contribution in [0.4, 0.5) is 5.69 Å². The van der Waals surface area contributed by atoms with Crippen molar-refractivity contribution in [2.24, 2.45) is 11.1 Å². The van der Waals surface area contributed by atoms with Crippen LogP contribution in [0.3, 0.4) is 0 Å². The van der Waals surface area contributed by atoms with E-state index in [1.54, 1.807) is 4.90 Å². The fourth-order valence-electron chi connectivity index (χ4n) is 2.43. The minimum absolute atomic E-state index is 0.163. The summed E-state index contributed by atoms with van der Waals surface area (Å²) in [6, 6.07) is 4.23. The van der Waals surface area contributed by atoms with Crippen LogP contribution in [0.15, 0.2) is 12.1 Å². The molecule has 0 radical (unpaired) electrons. The molecule has 1 saturated carbocycles. The number of anilines is 1. The first kappa shape index (κ1) is 13.1. The lowest BCUT2D eigenvalue weighted by molar-refractivity contribution is -0.123. The standard InChI is InChI=1S/C15H22N2O/c1-10-7-12(3)13(8-11(10)2)17(4)14(18)15(9-16)5-6-15/h7-8H,5-6,9,16H2,1-4H3. The highest BCUT2D eigenvalue weighted by Gasteiger charge is 2.50. The maximum Gasteiger partial charge on any atom is 0.234 e. The number of amides is 1. The third-order valence-electron chi connectivity index (χ3n) is 4.18. The summed E-state index contributed by atoms with van der Waals surface area (Å²) in [5, 5.41) is 0. The van der Waals surface area contributed by atoms with E-state index in [4.69, 9.17) is 5.73 Å². The maximum absolute atomic E-state index is 12.5. The van der Waals surface area contributed by atoms with Crippen LogP contribution in [0.2, 0.25) is 0 Å². The molecule has 1 fully saturated rings. The first-order valence-corrected chi connectivity index (χ1v) is 6.47. The summed E-state index contributed by atoms with van der Waals surface area (Å²) in [4.78, 5) is 14.2. The molecule has 2 rings (SSSR count). The highest BCUT2D eigenvalue weighted by molar-refractivity contribution is 5.99. The van der Waals surface area contributed by atoms with Gasteiger partial charge in [0.1, 0.15) is 0 Å². The van der Waals surface area contributed by atoms with E-state index in [2.05, 4.69) is 26.0 Å². The molecule has 18 heavy (non-hydrogen) atoms. The lowest BCUT2D eigenvalue weighted by Gasteiger charge is -2.25.